The zero-order chi connectivity index (χ0) is 13.2. The molecule has 0 aliphatic rings. The van der Waals surface area contributed by atoms with Crippen LogP contribution >= 0.6 is 15.9 Å². The summed E-state index contributed by atoms with van der Waals surface area (Å²) in [6.45, 7) is 1.48. The summed E-state index contributed by atoms with van der Waals surface area (Å²) >= 11 is 3.09. The van der Waals surface area contributed by atoms with Crippen LogP contribution in [0.5, 0.6) is 11.5 Å². The zero-order valence-corrected chi connectivity index (χ0v) is 10.9. The molecule has 0 heterocycles. The minimum Gasteiger partial charge on any atom is -0.504 e. The lowest BCUT2D eigenvalue weighted by molar-refractivity contribution is -0.141. The van der Waals surface area contributed by atoms with Gasteiger partial charge in [0, 0.05) is 10.0 Å². The van der Waals surface area contributed by atoms with E-state index in [-0.39, 0.29) is 23.5 Å². The Kier molecular flexibility index (Phi) is 4.34. The number of methoxy groups -OCH3 is 1. The molecule has 6 heteroatoms. The number of halogens is 2. The summed E-state index contributed by atoms with van der Waals surface area (Å²) in [6, 6.07) is 1.28. The van der Waals surface area contributed by atoms with Crippen LogP contribution in [0.25, 0.3) is 0 Å². The maximum atomic E-state index is 13.9. The number of rotatable bonds is 4. The van der Waals surface area contributed by atoms with Crippen LogP contribution in [0.1, 0.15) is 12.5 Å². The molecule has 94 valence electrons. The highest BCUT2D eigenvalue weighted by Crippen LogP contribution is 2.37. The maximum absolute atomic E-state index is 13.9. The van der Waals surface area contributed by atoms with Gasteiger partial charge in [0.1, 0.15) is 0 Å². The highest BCUT2D eigenvalue weighted by Gasteiger charge is 2.21. The molecule has 0 saturated heterocycles. The Morgan fingerprint density at radius 2 is 2.24 bits per heavy atom. The molecule has 0 aliphatic heterocycles. The molecule has 0 amide bonds. The van der Waals surface area contributed by atoms with Gasteiger partial charge in [-0.1, -0.05) is 22.9 Å². The van der Waals surface area contributed by atoms with Crippen molar-refractivity contribution in [2.45, 2.75) is 13.3 Å². The summed E-state index contributed by atoms with van der Waals surface area (Å²) in [6.07, 6.45) is 0.0123. The highest BCUT2D eigenvalue weighted by atomic mass is 79.9. The van der Waals surface area contributed by atoms with Gasteiger partial charge in [0.05, 0.1) is 13.0 Å². The number of carboxylic acids is 1. The number of aromatic hydroxyl groups is 1. The Balaban J connectivity index is 3.20. The molecule has 0 spiro atoms. The van der Waals surface area contributed by atoms with Crippen LogP contribution in [0, 0.1) is 11.7 Å². The molecular weight excluding hydrogens is 295 g/mol. The van der Waals surface area contributed by atoms with Crippen molar-refractivity contribution in [2.75, 3.05) is 7.11 Å². The average molecular weight is 307 g/mol. The van der Waals surface area contributed by atoms with E-state index in [0.717, 1.165) is 0 Å². The first-order valence-electron chi connectivity index (χ1n) is 4.85. The Bertz CT molecular complexity index is 448. The summed E-state index contributed by atoms with van der Waals surface area (Å²) < 4.78 is 19.0. The second-order valence-electron chi connectivity index (χ2n) is 3.65. The van der Waals surface area contributed by atoms with Crippen molar-refractivity contribution in [2.24, 2.45) is 5.92 Å². The molecule has 2 N–H and O–H groups in total. The lowest BCUT2D eigenvalue weighted by Gasteiger charge is -2.13. The minimum atomic E-state index is -1.01. The molecule has 1 aromatic rings. The van der Waals surface area contributed by atoms with Crippen molar-refractivity contribution >= 4 is 21.9 Å². The molecule has 1 atom stereocenters. The van der Waals surface area contributed by atoms with E-state index in [0.29, 0.717) is 4.47 Å². The summed E-state index contributed by atoms with van der Waals surface area (Å²) in [5.41, 5.74) is 0.176. The second kappa shape index (κ2) is 5.35. The van der Waals surface area contributed by atoms with Gasteiger partial charge in [-0.05, 0) is 12.5 Å². The fraction of sp³-hybridized carbons (Fsp3) is 0.364. The SMILES string of the molecule is COc1c(O)cc(Br)c(CC(C)C(=O)O)c1F. The third-order valence-corrected chi connectivity index (χ3v) is 3.09. The smallest absolute Gasteiger partial charge is 0.306 e. The first-order chi connectivity index (χ1) is 7.88. The molecule has 0 bridgehead atoms. The molecule has 4 nitrogen and oxygen atoms in total. The molecule has 0 aliphatic carbocycles. The standard InChI is InChI=1S/C11H12BrFO4/c1-5(11(15)16)3-6-7(12)4-8(14)10(17-2)9(6)13/h4-5,14H,3H2,1-2H3,(H,15,16). The molecule has 0 fully saturated rings. The van der Waals surface area contributed by atoms with E-state index < -0.39 is 17.7 Å². The number of carbonyl (C=O) groups is 1. The molecule has 17 heavy (non-hydrogen) atoms. The number of aliphatic carboxylic acids is 1. The van der Waals surface area contributed by atoms with Crippen molar-refractivity contribution in [1.82, 2.24) is 0 Å². The van der Waals surface area contributed by atoms with Crippen LogP contribution in [0.4, 0.5) is 4.39 Å². The Morgan fingerprint density at radius 3 is 2.71 bits per heavy atom. The van der Waals surface area contributed by atoms with Gasteiger partial charge < -0.3 is 14.9 Å². The quantitative estimate of drug-likeness (QED) is 0.897. The van der Waals surface area contributed by atoms with E-state index in [1.54, 1.807) is 0 Å². The minimum absolute atomic E-state index is 0.0123. The first-order valence-corrected chi connectivity index (χ1v) is 5.64. The lowest BCUT2D eigenvalue weighted by Crippen LogP contribution is -2.13. The summed E-state index contributed by atoms with van der Waals surface area (Å²) in [5, 5.41) is 18.2. The Labute approximate surface area is 106 Å². The fourth-order valence-electron chi connectivity index (χ4n) is 1.40. The van der Waals surface area contributed by atoms with E-state index in [4.69, 9.17) is 9.84 Å². The molecule has 1 aromatic carbocycles. The maximum Gasteiger partial charge on any atom is 0.306 e. The first kappa shape index (κ1) is 13.8. The number of carboxylic acid groups (broad SMARTS) is 1. The van der Waals surface area contributed by atoms with E-state index >= 15 is 0 Å². The molecular formula is C11H12BrFO4. The van der Waals surface area contributed by atoms with Crippen LogP contribution < -0.4 is 4.74 Å². The number of phenolic OH excluding ortho intramolecular Hbond substituents is 1. The van der Waals surface area contributed by atoms with Crippen molar-refractivity contribution in [3.05, 3.63) is 21.9 Å². The molecule has 0 aromatic heterocycles. The van der Waals surface area contributed by atoms with Crippen LogP contribution in [0.2, 0.25) is 0 Å². The van der Waals surface area contributed by atoms with Gasteiger partial charge in [-0.15, -0.1) is 0 Å². The summed E-state index contributed by atoms with van der Waals surface area (Å²) in [4.78, 5) is 10.7. The van der Waals surface area contributed by atoms with Gasteiger partial charge in [0.25, 0.3) is 0 Å². The largest absolute Gasteiger partial charge is 0.504 e. The van der Waals surface area contributed by atoms with E-state index in [2.05, 4.69) is 15.9 Å². The van der Waals surface area contributed by atoms with Crippen molar-refractivity contribution in [1.29, 1.82) is 0 Å². The molecule has 0 radical (unpaired) electrons. The highest BCUT2D eigenvalue weighted by molar-refractivity contribution is 9.10. The monoisotopic (exact) mass is 306 g/mol. The Hall–Kier alpha value is -1.30. The van der Waals surface area contributed by atoms with Gasteiger partial charge in [0.15, 0.2) is 17.3 Å². The zero-order valence-electron chi connectivity index (χ0n) is 9.33. The van der Waals surface area contributed by atoms with Gasteiger partial charge in [-0.3, -0.25) is 4.79 Å². The number of phenols is 1. The second-order valence-corrected chi connectivity index (χ2v) is 4.50. The van der Waals surface area contributed by atoms with Gasteiger partial charge in [-0.25, -0.2) is 4.39 Å². The predicted octanol–water partition coefficient (Wildman–Crippen LogP) is 2.57. The van der Waals surface area contributed by atoms with Crippen molar-refractivity contribution < 1.29 is 24.1 Å². The fourth-order valence-corrected chi connectivity index (χ4v) is 1.95. The molecule has 0 saturated carbocycles. The number of hydrogen-bond acceptors (Lipinski definition) is 3. The number of ether oxygens (including phenoxy) is 1. The average Bonchev–Trinajstić information content (AvgIpc) is 2.24. The van der Waals surface area contributed by atoms with Gasteiger partial charge >= 0.3 is 5.97 Å². The topological polar surface area (TPSA) is 66.8 Å². The van der Waals surface area contributed by atoms with Crippen molar-refractivity contribution in [3.63, 3.8) is 0 Å². The molecule has 1 rings (SSSR count). The lowest BCUT2D eigenvalue weighted by atomic mass is 10.0. The number of hydrogen-bond donors (Lipinski definition) is 2. The summed E-state index contributed by atoms with van der Waals surface area (Å²) in [5.74, 6) is -3.09. The van der Waals surface area contributed by atoms with E-state index in [9.17, 15) is 14.3 Å². The van der Waals surface area contributed by atoms with Gasteiger partial charge in [-0.2, -0.15) is 0 Å². The van der Waals surface area contributed by atoms with Crippen molar-refractivity contribution in [3.8, 4) is 11.5 Å². The van der Waals surface area contributed by atoms with Crippen LogP contribution in [-0.2, 0) is 11.2 Å². The number of benzene rings is 1. The van der Waals surface area contributed by atoms with Crippen LogP contribution in [0.3, 0.4) is 0 Å². The summed E-state index contributed by atoms with van der Waals surface area (Å²) in [7, 11) is 1.23. The Morgan fingerprint density at radius 1 is 1.65 bits per heavy atom. The predicted molar refractivity (Wildman–Crippen MR) is 62.8 cm³/mol. The third kappa shape index (κ3) is 2.88. The van der Waals surface area contributed by atoms with Gasteiger partial charge in [0.2, 0.25) is 0 Å². The van der Waals surface area contributed by atoms with E-state index in [1.807, 2.05) is 0 Å². The van der Waals surface area contributed by atoms with E-state index in [1.165, 1.54) is 20.1 Å². The molecule has 1 unspecified atom stereocenters. The third-order valence-electron chi connectivity index (χ3n) is 2.38. The normalized spacial score (nSPS) is 12.2. The van der Waals surface area contributed by atoms with Crippen LogP contribution in [-0.4, -0.2) is 23.3 Å². The van der Waals surface area contributed by atoms with Crippen LogP contribution in [0.15, 0.2) is 10.5 Å².